The fourth-order valence-electron chi connectivity index (χ4n) is 11.3. The molecule has 0 bridgehead atoms. The monoisotopic (exact) mass is 957 g/mol. The minimum Gasteiger partial charge on any atom is -0.309 e. The van der Waals surface area contributed by atoms with Crippen molar-refractivity contribution in [1.29, 1.82) is 5.26 Å². The normalized spacial score (nSPS) is 12.2. The van der Waals surface area contributed by atoms with Gasteiger partial charge < -0.3 is 9.13 Å². The maximum absolute atomic E-state index is 14.7. The van der Waals surface area contributed by atoms with E-state index in [0.29, 0.717) is 22.5 Å². The lowest BCUT2D eigenvalue weighted by Gasteiger charge is -2.21. The summed E-state index contributed by atoms with van der Waals surface area (Å²) in [5.41, 5.74) is 13.8. The van der Waals surface area contributed by atoms with E-state index in [0.717, 1.165) is 100 Å². The number of alkyl halides is 6. The van der Waals surface area contributed by atoms with Gasteiger partial charge in [0.05, 0.1) is 50.5 Å². The first-order valence-electron chi connectivity index (χ1n) is 23.6. The summed E-state index contributed by atoms with van der Waals surface area (Å²) < 4.78 is 92.1. The van der Waals surface area contributed by atoms with Gasteiger partial charge in [0.2, 0.25) is 0 Å². The molecule has 0 unspecified atom stereocenters. The Bertz CT molecular complexity index is 4020. The number of rotatable bonds is 6. The molecule has 0 radical (unpaired) electrons. The highest BCUT2D eigenvalue weighted by Gasteiger charge is 2.37. The third kappa shape index (κ3) is 7.70. The highest BCUT2D eigenvalue weighted by molar-refractivity contribution is 6.12. The SMILES string of the molecule is Cc1cc(C)c(-c2ccc3c(c2)c2ccccc2n3-c2ccc(-c3cc(C(F)(F)F)cc(C(F)(F)F)c3)c(-c3cc(C#N)ccc3-n3c4ccccc4c4cc(-c5c(C)cc(C)cc5C)ccc43)c2)c(C)c1. The van der Waals surface area contributed by atoms with Gasteiger partial charge in [0.1, 0.15) is 0 Å². The number of nitrogens with zero attached hydrogens (tertiary/aromatic N) is 3. The number of benzene rings is 9. The second-order valence-electron chi connectivity index (χ2n) is 19.1. The average Bonchev–Trinajstić information content (AvgIpc) is 3.84. The second-order valence-corrected chi connectivity index (χ2v) is 19.1. The zero-order valence-electron chi connectivity index (χ0n) is 40.2. The van der Waals surface area contributed by atoms with Crippen LogP contribution in [0.2, 0.25) is 0 Å². The van der Waals surface area contributed by atoms with E-state index in [2.05, 4.69) is 117 Å². The zero-order valence-corrected chi connectivity index (χ0v) is 40.2. The Kier molecular flexibility index (Phi) is 10.8. The summed E-state index contributed by atoms with van der Waals surface area (Å²) in [6.45, 7) is 12.6. The summed E-state index contributed by atoms with van der Waals surface area (Å²) in [5.74, 6) is 0. The lowest BCUT2D eigenvalue weighted by molar-refractivity contribution is -0.143. The number of nitriles is 1. The molecule has 9 heteroatoms. The van der Waals surface area contributed by atoms with Gasteiger partial charge in [0, 0.05) is 32.8 Å². The number of fused-ring (bicyclic) bond motifs is 6. The molecular formula is C63H45F6N3. The van der Waals surface area contributed by atoms with Crippen LogP contribution in [0.15, 0.2) is 164 Å². The van der Waals surface area contributed by atoms with E-state index in [1.165, 1.54) is 11.1 Å². The van der Waals surface area contributed by atoms with Crippen molar-refractivity contribution in [3.8, 4) is 62.0 Å². The third-order valence-corrected chi connectivity index (χ3v) is 14.1. The molecule has 9 aromatic carbocycles. The van der Waals surface area contributed by atoms with Gasteiger partial charge in [-0.15, -0.1) is 0 Å². The van der Waals surface area contributed by atoms with Crippen LogP contribution < -0.4 is 0 Å². The number of halogens is 6. The molecule has 0 amide bonds. The van der Waals surface area contributed by atoms with Crippen LogP contribution in [0.5, 0.6) is 0 Å². The van der Waals surface area contributed by atoms with E-state index < -0.39 is 23.5 Å². The van der Waals surface area contributed by atoms with E-state index >= 15 is 0 Å². The Morgan fingerprint density at radius 1 is 0.389 bits per heavy atom. The van der Waals surface area contributed by atoms with E-state index in [9.17, 15) is 31.6 Å². The minimum atomic E-state index is -5.09. The average molecular weight is 958 g/mol. The van der Waals surface area contributed by atoms with Crippen LogP contribution >= 0.6 is 0 Å². The molecule has 11 aromatic rings. The molecule has 3 nitrogen and oxygen atoms in total. The Balaban J connectivity index is 1.22. The van der Waals surface area contributed by atoms with Crippen molar-refractivity contribution in [3.63, 3.8) is 0 Å². The van der Waals surface area contributed by atoms with Gasteiger partial charge >= 0.3 is 12.4 Å². The first kappa shape index (κ1) is 46.1. The van der Waals surface area contributed by atoms with Crippen LogP contribution in [0.4, 0.5) is 26.3 Å². The number of aromatic nitrogens is 2. The molecule has 0 aliphatic heterocycles. The van der Waals surface area contributed by atoms with E-state index in [1.54, 1.807) is 24.3 Å². The van der Waals surface area contributed by atoms with Gasteiger partial charge in [0.25, 0.3) is 0 Å². The van der Waals surface area contributed by atoms with Gasteiger partial charge in [-0.2, -0.15) is 31.6 Å². The fourth-order valence-corrected chi connectivity index (χ4v) is 11.3. The Morgan fingerprint density at radius 2 is 0.861 bits per heavy atom. The first-order chi connectivity index (χ1) is 34.4. The summed E-state index contributed by atoms with van der Waals surface area (Å²) in [5, 5.41) is 14.3. The van der Waals surface area contributed by atoms with Gasteiger partial charge in [-0.05, 0) is 188 Å². The van der Waals surface area contributed by atoms with Crippen LogP contribution in [0.1, 0.15) is 50.1 Å². The Hall–Kier alpha value is -8.35. The van der Waals surface area contributed by atoms with Gasteiger partial charge in [-0.3, -0.25) is 0 Å². The van der Waals surface area contributed by atoms with Crippen molar-refractivity contribution in [2.24, 2.45) is 0 Å². The highest BCUT2D eigenvalue weighted by Crippen LogP contribution is 2.46. The summed E-state index contributed by atoms with van der Waals surface area (Å²) in [7, 11) is 0. The number of hydrogen-bond donors (Lipinski definition) is 0. The fraction of sp³-hybridized carbons (Fsp3) is 0.127. The molecule has 0 aliphatic rings. The summed E-state index contributed by atoms with van der Waals surface area (Å²) in [4.78, 5) is 0. The van der Waals surface area contributed by atoms with E-state index in [-0.39, 0.29) is 22.8 Å². The molecule has 0 saturated carbocycles. The van der Waals surface area contributed by atoms with Crippen LogP contribution in [0.25, 0.3) is 99.5 Å². The number of aryl methyl sites for hydroxylation is 6. The van der Waals surface area contributed by atoms with Gasteiger partial charge in [0.15, 0.2) is 0 Å². The van der Waals surface area contributed by atoms with E-state index in [1.807, 2.05) is 60.7 Å². The maximum atomic E-state index is 14.7. The molecule has 0 saturated heterocycles. The predicted molar refractivity (Wildman–Crippen MR) is 280 cm³/mol. The predicted octanol–water partition coefficient (Wildman–Crippen LogP) is 18.3. The summed E-state index contributed by atoms with van der Waals surface area (Å²) >= 11 is 0. The quantitative estimate of drug-likeness (QED) is 0.153. The Morgan fingerprint density at radius 3 is 1.36 bits per heavy atom. The topological polar surface area (TPSA) is 33.6 Å². The third-order valence-electron chi connectivity index (χ3n) is 14.1. The first-order valence-corrected chi connectivity index (χ1v) is 23.6. The van der Waals surface area contributed by atoms with Gasteiger partial charge in [-0.1, -0.05) is 90.0 Å². The number of para-hydroxylation sites is 2. The second kappa shape index (κ2) is 16.9. The standard InChI is InChI=1S/C63H45F6N3/c1-35-23-37(3)60(38(4)24-35)42-16-21-57-53(30-42)49-11-7-9-13-55(49)71(57)47-18-19-48(44-28-45(62(64,65)66)32-46(29-44)63(67,68)69)51(33-47)52-27-41(34-70)15-20-58(52)72-56-14-10-8-12-50(56)54-31-43(17-22-59(54)72)61-39(5)25-36(2)26-40(61)6/h7-33H,1-6H3. The molecule has 0 atom stereocenters. The molecule has 0 fully saturated rings. The summed E-state index contributed by atoms with van der Waals surface area (Å²) in [6, 6.07) is 51.5. The molecule has 2 aromatic heterocycles. The van der Waals surface area contributed by atoms with Crippen molar-refractivity contribution in [3.05, 3.63) is 214 Å². The number of hydrogen-bond acceptors (Lipinski definition) is 1. The van der Waals surface area contributed by atoms with E-state index in [4.69, 9.17) is 0 Å². The molecule has 2 heterocycles. The molecular weight excluding hydrogens is 913 g/mol. The largest absolute Gasteiger partial charge is 0.416 e. The lowest BCUT2D eigenvalue weighted by Crippen LogP contribution is -2.11. The van der Waals surface area contributed by atoms with Crippen molar-refractivity contribution in [1.82, 2.24) is 9.13 Å². The van der Waals surface area contributed by atoms with Crippen LogP contribution in [0, 0.1) is 52.9 Å². The highest BCUT2D eigenvalue weighted by atomic mass is 19.4. The maximum Gasteiger partial charge on any atom is 0.416 e. The van der Waals surface area contributed by atoms with Crippen molar-refractivity contribution < 1.29 is 26.3 Å². The zero-order chi connectivity index (χ0) is 50.5. The summed E-state index contributed by atoms with van der Waals surface area (Å²) in [6.07, 6.45) is -10.2. The molecule has 72 heavy (non-hydrogen) atoms. The molecule has 11 rings (SSSR count). The van der Waals surface area contributed by atoms with Crippen LogP contribution in [-0.4, -0.2) is 9.13 Å². The minimum absolute atomic E-state index is 0.119. The molecule has 0 aliphatic carbocycles. The smallest absolute Gasteiger partial charge is 0.309 e. The lowest BCUT2D eigenvalue weighted by atomic mass is 9.90. The van der Waals surface area contributed by atoms with Crippen molar-refractivity contribution in [2.75, 3.05) is 0 Å². The molecule has 354 valence electrons. The molecule has 0 N–H and O–H groups in total. The van der Waals surface area contributed by atoms with Crippen LogP contribution in [0.3, 0.4) is 0 Å². The Labute approximate surface area is 412 Å². The van der Waals surface area contributed by atoms with Gasteiger partial charge in [-0.25, -0.2) is 0 Å². The van der Waals surface area contributed by atoms with Crippen molar-refractivity contribution >= 4 is 43.6 Å². The molecule has 0 spiro atoms. The van der Waals surface area contributed by atoms with Crippen LogP contribution in [-0.2, 0) is 12.4 Å². The van der Waals surface area contributed by atoms with Crippen molar-refractivity contribution in [2.45, 2.75) is 53.9 Å².